The van der Waals surface area contributed by atoms with Crippen molar-refractivity contribution in [1.29, 1.82) is 0 Å². The largest absolute Gasteiger partial charge is 0.475 e. The number of oxazole rings is 1. The summed E-state index contributed by atoms with van der Waals surface area (Å²) < 4.78 is 6.37. The van der Waals surface area contributed by atoms with Crippen LogP contribution in [0.2, 0.25) is 0 Å². The summed E-state index contributed by atoms with van der Waals surface area (Å²) in [5.74, 6) is -0.743. The van der Waals surface area contributed by atoms with Crippen molar-refractivity contribution in [2.75, 3.05) is 0 Å². The molecular weight excluding hydrogens is 341 g/mol. The molecule has 0 atom stereocenters. The lowest BCUT2D eigenvalue weighted by atomic mass is 10.3. The molecule has 0 aromatic carbocycles. The maximum Gasteiger partial charge on any atom is 0.373 e. The molecule has 0 saturated heterocycles. The zero-order valence-corrected chi connectivity index (χ0v) is 11.3. The molecule has 0 aliphatic rings. The van der Waals surface area contributed by atoms with Gasteiger partial charge in [0.2, 0.25) is 11.7 Å². The fraction of sp³-hybridized carbons (Fsp3) is 0.200. The number of nitrogens with zero attached hydrogens (tertiary/aromatic N) is 1. The SMILES string of the molecule is CCc1nc(-c2csc(I)c2)oc1C(=O)O. The maximum atomic E-state index is 10.9. The molecule has 6 heteroatoms. The molecule has 2 rings (SSSR count). The third-order valence-corrected chi connectivity index (χ3v) is 3.83. The van der Waals surface area contributed by atoms with Gasteiger partial charge in [0.15, 0.2) is 0 Å². The summed E-state index contributed by atoms with van der Waals surface area (Å²) in [5, 5.41) is 10.8. The van der Waals surface area contributed by atoms with Crippen LogP contribution in [0.5, 0.6) is 0 Å². The van der Waals surface area contributed by atoms with Crippen molar-refractivity contribution in [2.45, 2.75) is 13.3 Å². The van der Waals surface area contributed by atoms with E-state index in [0.717, 1.165) is 8.45 Å². The number of hydrogen-bond donors (Lipinski definition) is 1. The predicted molar refractivity (Wildman–Crippen MR) is 68.9 cm³/mol. The first-order chi connectivity index (χ1) is 7.61. The third kappa shape index (κ3) is 2.12. The Balaban J connectivity index is 2.47. The van der Waals surface area contributed by atoms with E-state index in [0.29, 0.717) is 18.0 Å². The van der Waals surface area contributed by atoms with Crippen molar-refractivity contribution in [3.05, 3.63) is 25.8 Å². The van der Waals surface area contributed by atoms with E-state index < -0.39 is 5.97 Å². The second kappa shape index (κ2) is 4.54. The Morgan fingerprint density at radius 2 is 2.44 bits per heavy atom. The van der Waals surface area contributed by atoms with Crippen LogP contribution in [0.3, 0.4) is 0 Å². The molecule has 16 heavy (non-hydrogen) atoms. The monoisotopic (exact) mass is 349 g/mol. The third-order valence-electron chi connectivity index (χ3n) is 2.04. The lowest BCUT2D eigenvalue weighted by Crippen LogP contribution is -1.98. The quantitative estimate of drug-likeness (QED) is 0.864. The Kier molecular flexibility index (Phi) is 3.29. The van der Waals surface area contributed by atoms with Crippen molar-refractivity contribution in [2.24, 2.45) is 0 Å². The Morgan fingerprint density at radius 3 is 2.88 bits per heavy atom. The van der Waals surface area contributed by atoms with Gasteiger partial charge in [-0.2, -0.15) is 0 Å². The number of carboxylic acid groups (broad SMARTS) is 1. The number of hydrogen-bond acceptors (Lipinski definition) is 4. The van der Waals surface area contributed by atoms with Gasteiger partial charge in [0.05, 0.1) is 8.58 Å². The van der Waals surface area contributed by atoms with Crippen molar-refractivity contribution in [3.8, 4) is 11.5 Å². The van der Waals surface area contributed by atoms with E-state index in [1.54, 1.807) is 11.3 Å². The second-order valence-corrected chi connectivity index (χ2v) is 5.90. The van der Waals surface area contributed by atoms with E-state index in [4.69, 9.17) is 9.52 Å². The Hall–Kier alpha value is -0.890. The number of aromatic carboxylic acids is 1. The fourth-order valence-electron chi connectivity index (χ4n) is 1.30. The smallest absolute Gasteiger partial charge is 0.373 e. The minimum absolute atomic E-state index is 0.0568. The van der Waals surface area contributed by atoms with Gasteiger partial charge in [-0.05, 0) is 35.1 Å². The summed E-state index contributed by atoms with van der Waals surface area (Å²) in [4.78, 5) is 15.1. The summed E-state index contributed by atoms with van der Waals surface area (Å²) in [7, 11) is 0. The molecule has 84 valence electrons. The van der Waals surface area contributed by atoms with Crippen molar-refractivity contribution >= 4 is 39.9 Å². The summed E-state index contributed by atoms with van der Waals surface area (Å²) in [6, 6.07) is 1.92. The minimum atomic E-state index is -1.07. The van der Waals surface area contributed by atoms with Gasteiger partial charge in [0, 0.05) is 10.9 Å². The normalized spacial score (nSPS) is 10.6. The number of rotatable bonds is 3. The minimum Gasteiger partial charge on any atom is -0.475 e. The van der Waals surface area contributed by atoms with Crippen LogP contribution >= 0.6 is 33.9 Å². The first-order valence-corrected chi connectivity index (χ1v) is 6.55. The number of carbonyl (C=O) groups is 1. The summed E-state index contributed by atoms with van der Waals surface area (Å²) in [5.41, 5.74) is 1.32. The van der Waals surface area contributed by atoms with Gasteiger partial charge < -0.3 is 9.52 Å². The van der Waals surface area contributed by atoms with Crippen LogP contribution in [0, 0.1) is 2.88 Å². The first kappa shape index (κ1) is 11.6. The van der Waals surface area contributed by atoms with Gasteiger partial charge in [-0.25, -0.2) is 9.78 Å². The summed E-state index contributed by atoms with van der Waals surface area (Å²) >= 11 is 3.77. The lowest BCUT2D eigenvalue weighted by molar-refractivity contribution is 0.0662. The van der Waals surface area contributed by atoms with Crippen LogP contribution in [0.25, 0.3) is 11.5 Å². The zero-order chi connectivity index (χ0) is 11.7. The molecule has 0 amide bonds. The van der Waals surface area contributed by atoms with Gasteiger partial charge in [-0.3, -0.25) is 0 Å². The second-order valence-electron chi connectivity index (χ2n) is 3.09. The molecular formula is C10H8INO3S. The van der Waals surface area contributed by atoms with Crippen LogP contribution in [0.4, 0.5) is 0 Å². The standard InChI is InChI=1S/C10H8INO3S/c1-2-6-8(10(13)14)15-9(12-6)5-3-7(11)16-4-5/h3-4H,2H2,1H3,(H,13,14). The molecule has 0 radical (unpaired) electrons. The van der Waals surface area contributed by atoms with Crippen molar-refractivity contribution < 1.29 is 14.3 Å². The van der Waals surface area contributed by atoms with E-state index in [9.17, 15) is 4.79 Å². The van der Waals surface area contributed by atoms with E-state index in [-0.39, 0.29) is 5.76 Å². The van der Waals surface area contributed by atoms with Crippen molar-refractivity contribution in [3.63, 3.8) is 0 Å². The molecule has 0 bridgehead atoms. The number of aromatic nitrogens is 1. The number of halogens is 1. The van der Waals surface area contributed by atoms with E-state index in [2.05, 4.69) is 27.6 Å². The number of carboxylic acids is 1. The van der Waals surface area contributed by atoms with E-state index in [1.165, 1.54) is 0 Å². The molecule has 2 aromatic rings. The molecule has 0 spiro atoms. The molecule has 0 aliphatic carbocycles. The van der Waals surface area contributed by atoms with Crippen molar-refractivity contribution in [1.82, 2.24) is 4.98 Å². The van der Waals surface area contributed by atoms with E-state index in [1.807, 2.05) is 18.4 Å². The Bertz CT molecular complexity index is 532. The Morgan fingerprint density at radius 1 is 1.69 bits per heavy atom. The molecule has 0 saturated carbocycles. The number of aryl methyl sites for hydroxylation is 1. The van der Waals surface area contributed by atoms with Gasteiger partial charge in [0.25, 0.3) is 0 Å². The van der Waals surface area contributed by atoms with Crippen LogP contribution < -0.4 is 0 Å². The molecule has 0 aliphatic heterocycles. The van der Waals surface area contributed by atoms with Gasteiger partial charge in [-0.15, -0.1) is 11.3 Å². The molecule has 2 heterocycles. The average Bonchev–Trinajstić information content (AvgIpc) is 2.82. The summed E-state index contributed by atoms with van der Waals surface area (Å²) in [6.07, 6.45) is 0.548. The predicted octanol–water partition coefficient (Wildman–Crippen LogP) is 3.27. The van der Waals surface area contributed by atoms with Crippen LogP contribution in [-0.4, -0.2) is 16.1 Å². The van der Waals surface area contributed by atoms with Crippen LogP contribution in [-0.2, 0) is 6.42 Å². The highest BCUT2D eigenvalue weighted by molar-refractivity contribution is 14.1. The highest BCUT2D eigenvalue weighted by Crippen LogP contribution is 2.27. The summed E-state index contributed by atoms with van der Waals surface area (Å²) in [6.45, 7) is 1.85. The zero-order valence-electron chi connectivity index (χ0n) is 8.36. The number of thiophene rings is 1. The van der Waals surface area contributed by atoms with E-state index >= 15 is 0 Å². The molecule has 1 N–H and O–H groups in total. The van der Waals surface area contributed by atoms with Gasteiger partial charge >= 0.3 is 5.97 Å². The highest BCUT2D eigenvalue weighted by atomic mass is 127. The molecule has 2 aromatic heterocycles. The van der Waals surface area contributed by atoms with Gasteiger partial charge in [0.1, 0.15) is 0 Å². The molecule has 4 nitrogen and oxygen atoms in total. The molecule has 0 fully saturated rings. The van der Waals surface area contributed by atoms with Gasteiger partial charge in [-0.1, -0.05) is 6.92 Å². The average molecular weight is 349 g/mol. The van der Waals surface area contributed by atoms with Crippen LogP contribution in [0.15, 0.2) is 15.9 Å². The highest BCUT2D eigenvalue weighted by Gasteiger charge is 2.19. The Labute approximate surface area is 109 Å². The lowest BCUT2D eigenvalue weighted by Gasteiger charge is -1.88. The van der Waals surface area contributed by atoms with Crippen LogP contribution in [0.1, 0.15) is 23.2 Å². The fourth-order valence-corrected chi connectivity index (χ4v) is 2.62. The maximum absolute atomic E-state index is 10.9. The topological polar surface area (TPSA) is 63.3 Å². The first-order valence-electron chi connectivity index (χ1n) is 4.59. The molecule has 0 unspecified atom stereocenters.